The van der Waals surface area contributed by atoms with Gasteiger partial charge in [0.2, 0.25) is 0 Å². The van der Waals surface area contributed by atoms with E-state index in [1.54, 1.807) is 6.08 Å². The maximum absolute atomic E-state index is 10.0. The Balaban J connectivity index is 2.98. The molecule has 0 aromatic heterocycles. The molecule has 1 nitrogen and oxygen atoms in total. The minimum atomic E-state index is 0.830. The van der Waals surface area contributed by atoms with Crippen LogP contribution in [0.5, 0.6) is 0 Å². The van der Waals surface area contributed by atoms with E-state index in [0.717, 1.165) is 12.7 Å². The van der Waals surface area contributed by atoms with Gasteiger partial charge in [0.15, 0.2) is 0 Å². The van der Waals surface area contributed by atoms with Gasteiger partial charge in [-0.25, -0.2) is 0 Å². The summed E-state index contributed by atoms with van der Waals surface area (Å²) in [7, 11) is 0. The highest BCUT2D eigenvalue weighted by molar-refractivity contribution is 4.98. The van der Waals surface area contributed by atoms with Crippen LogP contribution >= 0.6 is 0 Å². The lowest BCUT2D eigenvalue weighted by atomic mass is 10.1. The Kier molecular flexibility index (Phi) is 15.6. The van der Waals surface area contributed by atoms with Gasteiger partial charge in [-0.15, -0.1) is 0 Å². The molecule has 0 N–H and O–H groups in total. The smallest absolute Gasteiger partial charge is 0.142 e. The van der Waals surface area contributed by atoms with Crippen molar-refractivity contribution in [1.82, 2.24) is 0 Å². The van der Waals surface area contributed by atoms with Gasteiger partial charge in [-0.2, -0.15) is 0 Å². The van der Waals surface area contributed by atoms with Crippen molar-refractivity contribution in [2.75, 3.05) is 0 Å². The summed E-state index contributed by atoms with van der Waals surface area (Å²) in [4.78, 5) is 0. The SMILES string of the molecule is CCCCCCCCCCCCC/C=C/C=C/[O]. The molecule has 0 aromatic rings. The minimum absolute atomic E-state index is 0.830. The topological polar surface area (TPSA) is 19.9 Å². The van der Waals surface area contributed by atoms with Crippen LogP contribution < -0.4 is 0 Å². The number of unbranched alkanes of at least 4 members (excludes halogenated alkanes) is 11. The molecule has 0 bridgehead atoms. The van der Waals surface area contributed by atoms with E-state index in [1.165, 1.54) is 70.6 Å². The Morgan fingerprint density at radius 1 is 0.667 bits per heavy atom. The summed E-state index contributed by atoms with van der Waals surface area (Å²) in [5, 5.41) is 10.0. The van der Waals surface area contributed by atoms with Crippen LogP contribution in [0.25, 0.3) is 0 Å². The molecule has 0 spiro atoms. The Bertz CT molecular complexity index is 194. The number of hydrogen-bond donors (Lipinski definition) is 0. The lowest BCUT2D eigenvalue weighted by molar-refractivity contribution is 0.352. The third-order valence-corrected chi connectivity index (χ3v) is 3.30. The largest absolute Gasteiger partial charge is 0.299 e. The first-order valence-corrected chi connectivity index (χ1v) is 7.85. The highest BCUT2D eigenvalue weighted by Gasteiger charge is 1.92. The lowest BCUT2D eigenvalue weighted by Crippen LogP contribution is -1.81. The third kappa shape index (κ3) is 15.3. The molecule has 0 fully saturated rings. The van der Waals surface area contributed by atoms with Crippen LogP contribution in [0, 0.1) is 0 Å². The van der Waals surface area contributed by atoms with E-state index in [4.69, 9.17) is 0 Å². The Labute approximate surface area is 114 Å². The zero-order valence-electron chi connectivity index (χ0n) is 12.2. The first-order valence-electron chi connectivity index (χ1n) is 7.85. The Hall–Kier alpha value is -0.720. The van der Waals surface area contributed by atoms with Crippen LogP contribution in [0.15, 0.2) is 24.5 Å². The molecule has 1 radical (unpaired) electrons. The van der Waals surface area contributed by atoms with E-state index < -0.39 is 0 Å². The molecule has 0 amide bonds. The van der Waals surface area contributed by atoms with Crippen LogP contribution in [0.3, 0.4) is 0 Å². The van der Waals surface area contributed by atoms with E-state index in [1.807, 2.05) is 6.08 Å². The second kappa shape index (κ2) is 16.3. The fourth-order valence-corrected chi connectivity index (χ4v) is 2.15. The van der Waals surface area contributed by atoms with Crippen molar-refractivity contribution in [2.24, 2.45) is 0 Å². The molecule has 0 atom stereocenters. The van der Waals surface area contributed by atoms with Gasteiger partial charge in [0, 0.05) is 0 Å². The van der Waals surface area contributed by atoms with Gasteiger partial charge in [0.1, 0.15) is 6.26 Å². The molecular formula is C17H31O. The van der Waals surface area contributed by atoms with Crippen LogP contribution in [0.2, 0.25) is 0 Å². The van der Waals surface area contributed by atoms with Gasteiger partial charge < -0.3 is 0 Å². The predicted molar refractivity (Wildman–Crippen MR) is 80.0 cm³/mol. The van der Waals surface area contributed by atoms with Crippen molar-refractivity contribution in [1.29, 1.82) is 0 Å². The van der Waals surface area contributed by atoms with Crippen molar-refractivity contribution in [3.63, 3.8) is 0 Å². The molecule has 0 aliphatic rings. The third-order valence-electron chi connectivity index (χ3n) is 3.30. The molecule has 0 aromatic carbocycles. The molecule has 0 rings (SSSR count). The van der Waals surface area contributed by atoms with Gasteiger partial charge in [-0.1, -0.05) is 83.3 Å². The Morgan fingerprint density at radius 2 is 1.17 bits per heavy atom. The molecule has 0 heterocycles. The zero-order valence-corrected chi connectivity index (χ0v) is 12.2. The first-order chi connectivity index (χ1) is 8.91. The first kappa shape index (κ1) is 17.3. The van der Waals surface area contributed by atoms with Crippen molar-refractivity contribution in [3.8, 4) is 0 Å². The summed E-state index contributed by atoms with van der Waals surface area (Å²) in [5.74, 6) is 0. The van der Waals surface area contributed by atoms with Crippen LogP contribution in [-0.2, 0) is 5.11 Å². The number of hydrogen-bond acceptors (Lipinski definition) is 0. The van der Waals surface area contributed by atoms with Crippen molar-refractivity contribution in [3.05, 3.63) is 24.5 Å². The van der Waals surface area contributed by atoms with Gasteiger partial charge in [-0.3, -0.25) is 5.11 Å². The van der Waals surface area contributed by atoms with Crippen LogP contribution in [0.1, 0.15) is 84.0 Å². The highest BCUT2D eigenvalue weighted by Crippen LogP contribution is 2.11. The summed E-state index contributed by atoms with van der Waals surface area (Å²) < 4.78 is 0. The van der Waals surface area contributed by atoms with Gasteiger partial charge in [0.05, 0.1) is 0 Å². The molecule has 105 valence electrons. The summed E-state index contributed by atoms with van der Waals surface area (Å²) in [6.07, 6.45) is 22.7. The van der Waals surface area contributed by atoms with Crippen LogP contribution in [0.4, 0.5) is 0 Å². The Morgan fingerprint density at radius 3 is 1.67 bits per heavy atom. The van der Waals surface area contributed by atoms with E-state index in [0.29, 0.717) is 0 Å². The molecule has 0 unspecified atom stereocenters. The maximum atomic E-state index is 10.0. The standard InChI is InChI=1S/C17H31O/c1-2-3-4-5-6-7-8-9-10-11-12-13-14-15-16-17-18/h14-17H,2-13H2,1H3/b15-14+,17-16+. The maximum Gasteiger partial charge on any atom is 0.142 e. The van der Waals surface area contributed by atoms with Crippen molar-refractivity contribution < 1.29 is 5.11 Å². The van der Waals surface area contributed by atoms with Gasteiger partial charge in [-0.05, 0) is 18.9 Å². The monoisotopic (exact) mass is 251 g/mol. The van der Waals surface area contributed by atoms with Gasteiger partial charge in [0.25, 0.3) is 0 Å². The molecule has 0 aliphatic carbocycles. The van der Waals surface area contributed by atoms with Crippen molar-refractivity contribution in [2.45, 2.75) is 84.0 Å². The normalized spacial score (nSPS) is 11.8. The minimum Gasteiger partial charge on any atom is -0.299 e. The summed E-state index contributed by atoms with van der Waals surface area (Å²) in [5.41, 5.74) is 0. The van der Waals surface area contributed by atoms with Gasteiger partial charge >= 0.3 is 0 Å². The average molecular weight is 251 g/mol. The van der Waals surface area contributed by atoms with Crippen LogP contribution in [-0.4, -0.2) is 0 Å². The van der Waals surface area contributed by atoms with E-state index in [-0.39, 0.29) is 0 Å². The van der Waals surface area contributed by atoms with E-state index >= 15 is 0 Å². The fraction of sp³-hybridized carbons (Fsp3) is 0.765. The number of rotatable bonds is 13. The van der Waals surface area contributed by atoms with E-state index in [9.17, 15) is 5.11 Å². The molecule has 18 heavy (non-hydrogen) atoms. The summed E-state index contributed by atoms with van der Waals surface area (Å²) in [6.45, 7) is 2.27. The molecule has 0 saturated carbocycles. The zero-order chi connectivity index (χ0) is 13.3. The predicted octanol–water partition coefficient (Wildman–Crippen LogP) is 6.19. The molecule has 0 saturated heterocycles. The highest BCUT2D eigenvalue weighted by atomic mass is 16.2. The molecule has 1 heteroatoms. The molecule has 0 aliphatic heterocycles. The lowest BCUT2D eigenvalue weighted by Gasteiger charge is -2.01. The summed E-state index contributed by atoms with van der Waals surface area (Å²) >= 11 is 0. The van der Waals surface area contributed by atoms with E-state index in [2.05, 4.69) is 13.0 Å². The van der Waals surface area contributed by atoms with Crippen molar-refractivity contribution >= 4 is 0 Å². The summed E-state index contributed by atoms with van der Waals surface area (Å²) in [6, 6.07) is 0. The second-order valence-corrected chi connectivity index (χ2v) is 5.08. The molecular weight excluding hydrogens is 220 g/mol. The fourth-order valence-electron chi connectivity index (χ4n) is 2.15. The quantitative estimate of drug-likeness (QED) is 0.211. The average Bonchev–Trinajstić information content (AvgIpc) is 2.39. The number of allylic oxidation sites excluding steroid dienone is 3. The second-order valence-electron chi connectivity index (χ2n) is 5.08.